The van der Waals surface area contributed by atoms with Crippen LogP contribution in [0.3, 0.4) is 0 Å². The second kappa shape index (κ2) is 7.81. The molecule has 3 aromatic rings. The zero-order valence-corrected chi connectivity index (χ0v) is 16.2. The van der Waals surface area contributed by atoms with Crippen molar-refractivity contribution in [2.45, 2.75) is 6.92 Å². The third-order valence-corrected chi connectivity index (χ3v) is 4.25. The van der Waals surface area contributed by atoms with Crippen LogP contribution in [0.5, 0.6) is 0 Å². The zero-order chi connectivity index (χ0) is 18.7. The van der Waals surface area contributed by atoms with Crippen molar-refractivity contribution < 1.29 is 0 Å². The van der Waals surface area contributed by atoms with Gasteiger partial charge in [0.15, 0.2) is 0 Å². The first-order valence-corrected chi connectivity index (χ1v) is 8.78. The second-order valence-electron chi connectivity index (χ2n) is 6.03. The van der Waals surface area contributed by atoms with Crippen LogP contribution in [0.2, 0.25) is 10.0 Å². The Balaban J connectivity index is 1.82. The Hall–Kier alpha value is -2.50. The van der Waals surface area contributed by atoms with Crippen LogP contribution in [0.25, 0.3) is 0 Å². The van der Waals surface area contributed by atoms with Crippen LogP contribution < -0.4 is 15.5 Å². The summed E-state index contributed by atoms with van der Waals surface area (Å²) in [7, 11) is 4.01. The minimum Gasteiger partial charge on any atom is -0.378 e. The number of anilines is 5. The molecule has 0 saturated heterocycles. The van der Waals surface area contributed by atoms with Crippen LogP contribution in [0, 0.1) is 6.92 Å². The SMILES string of the molecule is Cc1cc(Nc2cc(Cl)ccc2Cl)nc(Nc2ccc(N(C)C)cc2)n1. The summed E-state index contributed by atoms with van der Waals surface area (Å²) in [5.41, 5.74) is 3.55. The van der Waals surface area contributed by atoms with Gasteiger partial charge in [-0.25, -0.2) is 4.98 Å². The number of rotatable bonds is 5. The van der Waals surface area contributed by atoms with Gasteiger partial charge in [-0.15, -0.1) is 0 Å². The molecule has 0 aliphatic rings. The van der Waals surface area contributed by atoms with Gasteiger partial charge in [0.1, 0.15) is 5.82 Å². The largest absolute Gasteiger partial charge is 0.378 e. The number of benzene rings is 2. The lowest BCUT2D eigenvalue weighted by Crippen LogP contribution is -2.08. The summed E-state index contributed by atoms with van der Waals surface area (Å²) in [5.74, 6) is 1.14. The standard InChI is InChI=1S/C19H19Cl2N5/c1-12-10-18(24-17-11-13(20)4-9-16(17)21)25-19(22-12)23-14-5-7-15(8-6-14)26(2)3/h4-11H,1-3H3,(H2,22,23,24,25). The molecule has 0 spiro atoms. The maximum absolute atomic E-state index is 6.21. The van der Waals surface area contributed by atoms with E-state index in [1.54, 1.807) is 18.2 Å². The highest BCUT2D eigenvalue weighted by Gasteiger charge is 2.07. The summed E-state index contributed by atoms with van der Waals surface area (Å²) < 4.78 is 0. The molecule has 134 valence electrons. The predicted octanol–water partition coefficient (Wildman–Crippen LogP) is 5.65. The lowest BCUT2D eigenvalue weighted by Gasteiger charge is -2.14. The maximum atomic E-state index is 6.21. The third-order valence-electron chi connectivity index (χ3n) is 3.69. The number of hydrogen-bond acceptors (Lipinski definition) is 5. The predicted molar refractivity (Wildman–Crippen MR) is 111 cm³/mol. The molecule has 0 fully saturated rings. The average Bonchev–Trinajstić information content (AvgIpc) is 2.58. The highest BCUT2D eigenvalue weighted by Crippen LogP contribution is 2.28. The fraction of sp³-hybridized carbons (Fsp3) is 0.158. The molecule has 0 aliphatic heterocycles. The number of aromatic nitrogens is 2. The molecule has 2 N–H and O–H groups in total. The van der Waals surface area contributed by atoms with Gasteiger partial charge in [-0.05, 0) is 49.4 Å². The molecule has 0 saturated carbocycles. The first-order chi connectivity index (χ1) is 12.4. The molecule has 0 bridgehead atoms. The van der Waals surface area contributed by atoms with Crippen LogP contribution in [0.1, 0.15) is 5.69 Å². The molecule has 0 atom stereocenters. The Labute approximate surface area is 163 Å². The second-order valence-corrected chi connectivity index (χ2v) is 6.88. The van der Waals surface area contributed by atoms with Gasteiger partial charge in [-0.3, -0.25) is 0 Å². The van der Waals surface area contributed by atoms with Crippen molar-refractivity contribution in [3.8, 4) is 0 Å². The van der Waals surface area contributed by atoms with Gasteiger partial charge in [0.2, 0.25) is 5.95 Å². The minimum absolute atomic E-state index is 0.503. The van der Waals surface area contributed by atoms with Crippen molar-refractivity contribution in [3.63, 3.8) is 0 Å². The van der Waals surface area contributed by atoms with E-state index in [2.05, 4.69) is 20.6 Å². The minimum atomic E-state index is 0.503. The summed E-state index contributed by atoms with van der Waals surface area (Å²) in [5, 5.41) is 7.58. The lowest BCUT2D eigenvalue weighted by molar-refractivity contribution is 1.11. The third kappa shape index (κ3) is 4.56. The fourth-order valence-corrected chi connectivity index (χ4v) is 2.73. The van der Waals surface area contributed by atoms with Crippen LogP contribution >= 0.6 is 23.2 Å². The van der Waals surface area contributed by atoms with Crippen molar-refractivity contribution in [2.24, 2.45) is 0 Å². The summed E-state index contributed by atoms with van der Waals surface area (Å²) >= 11 is 12.3. The molecule has 26 heavy (non-hydrogen) atoms. The summed E-state index contributed by atoms with van der Waals surface area (Å²) in [6.45, 7) is 1.91. The highest BCUT2D eigenvalue weighted by molar-refractivity contribution is 6.35. The van der Waals surface area contributed by atoms with Gasteiger partial charge < -0.3 is 15.5 Å². The normalized spacial score (nSPS) is 10.5. The van der Waals surface area contributed by atoms with Gasteiger partial charge in [0.25, 0.3) is 0 Å². The van der Waals surface area contributed by atoms with Gasteiger partial charge in [0, 0.05) is 42.3 Å². The Morgan fingerprint density at radius 2 is 1.62 bits per heavy atom. The Bertz CT molecular complexity index is 910. The zero-order valence-electron chi connectivity index (χ0n) is 14.7. The Kier molecular flexibility index (Phi) is 5.49. The first kappa shape index (κ1) is 18.3. The summed E-state index contributed by atoms with van der Waals surface area (Å²) in [6.07, 6.45) is 0. The van der Waals surface area contributed by atoms with Gasteiger partial charge in [0.05, 0.1) is 10.7 Å². The lowest BCUT2D eigenvalue weighted by atomic mass is 10.2. The van der Waals surface area contributed by atoms with E-state index in [4.69, 9.17) is 23.2 Å². The monoisotopic (exact) mass is 387 g/mol. The number of hydrogen-bond donors (Lipinski definition) is 2. The smallest absolute Gasteiger partial charge is 0.229 e. The van der Waals surface area contributed by atoms with E-state index in [-0.39, 0.29) is 0 Å². The van der Waals surface area contributed by atoms with Crippen LogP contribution in [-0.4, -0.2) is 24.1 Å². The van der Waals surface area contributed by atoms with Crippen molar-refractivity contribution >= 4 is 52.0 Å². The topological polar surface area (TPSA) is 53.1 Å². The molecule has 1 aromatic heterocycles. The molecule has 0 unspecified atom stereocenters. The Morgan fingerprint density at radius 1 is 0.885 bits per heavy atom. The fourth-order valence-electron chi connectivity index (χ4n) is 2.39. The molecule has 0 radical (unpaired) electrons. The number of nitrogens with zero attached hydrogens (tertiary/aromatic N) is 3. The number of nitrogens with one attached hydrogen (secondary N) is 2. The molecular formula is C19H19Cl2N5. The maximum Gasteiger partial charge on any atom is 0.229 e. The van der Waals surface area contributed by atoms with E-state index < -0.39 is 0 Å². The summed E-state index contributed by atoms with van der Waals surface area (Å²) in [4.78, 5) is 11.0. The van der Waals surface area contributed by atoms with E-state index in [0.717, 1.165) is 17.1 Å². The molecule has 1 heterocycles. The Morgan fingerprint density at radius 3 is 2.31 bits per heavy atom. The van der Waals surface area contributed by atoms with Crippen molar-refractivity contribution in [1.82, 2.24) is 9.97 Å². The molecule has 7 heteroatoms. The van der Waals surface area contributed by atoms with Crippen LogP contribution in [0.4, 0.5) is 28.8 Å². The van der Waals surface area contributed by atoms with Gasteiger partial charge >= 0.3 is 0 Å². The van der Waals surface area contributed by atoms with Gasteiger partial charge in [-0.1, -0.05) is 23.2 Å². The summed E-state index contributed by atoms with van der Waals surface area (Å²) in [6, 6.07) is 15.1. The van der Waals surface area contributed by atoms with Crippen LogP contribution in [0.15, 0.2) is 48.5 Å². The number of aryl methyl sites for hydroxylation is 1. The molecule has 3 rings (SSSR count). The van der Waals surface area contributed by atoms with E-state index in [1.807, 2.05) is 56.3 Å². The van der Waals surface area contributed by atoms with E-state index in [0.29, 0.717) is 27.5 Å². The first-order valence-electron chi connectivity index (χ1n) is 8.03. The van der Waals surface area contributed by atoms with E-state index in [1.165, 1.54) is 0 Å². The molecule has 2 aromatic carbocycles. The van der Waals surface area contributed by atoms with Crippen molar-refractivity contribution in [3.05, 3.63) is 64.3 Å². The van der Waals surface area contributed by atoms with Gasteiger partial charge in [-0.2, -0.15) is 4.98 Å². The van der Waals surface area contributed by atoms with Crippen molar-refractivity contribution in [1.29, 1.82) is 0 Å². The molecule has 5 nitrogen and oxygen atoms in total. The number of halogens is 2. The van der Waals surface area contributed by atoms with Crippen LogP contribution in [-0.2, 0) is 0 Å². The average molecular weight is 388 g/mol. The molecule has 0 amide bonds. The molecule has 0 aliphatic carbocycles. The highest BCUT2D eigenvalue weighted by atomic mass is 35.5. The van der Waals surface area contributed by atoms with Crippen molar-refractivity contribution in [2.75, 3.05) is 29.6 Å². The van der Waals surface area contributed by atoms with E-state index >= 15 is 0 Å². The molecular weight excluding hydrogens is 369 g/mol. The quantitative estimate of drug-likeness (QED) is 0.592. The van der Waals surface area contributed by atoms with E-state index in [9.17, 15) is 0 Å².